The second kappa shape index (κ2) is 9.55. The predicted octanol–water partition coefficient (Wildman–Crippen LogP) is 5.18. The molecule has 174 valence electrons. The number of aryl methyl sites for hydroxylation is 3. The monoisotopic (exact) mass is 461 g/mol. The molecule has 6 heteroatoms. The number of rotatable bonds is 5. The fourth-order valence-electron chi connectivity index (χ4n) is 5.16. The van der Waals surface area contributed by atoms with E-state index >= 15 is 0 Å². The maximum Gasteiger partial charge on any atom is 0.244 e. The van der Waals surface area contributed by atoms with Crippen LogP contribution in [0.3, 0.4) is 0 Å². The molecule has 0 bridgehead atoms. The Balaban J connectivity index is 1.61. The lowest BCUT2D eigenvalue weighted by Crippen LogP contribution is -2.21. The fourth-order valence-corrected chi connectivity index (χ4v) is 5.16. The van der Waals surface area contributed by atoms with E-state index < -0.39 is 0 Å². The highest BCUT2D eigenvalue weighted by atomic mass is 16.1. The quantitative estimate of drug-likeness (QED) is 0.415. The molecule has 1 amide bonds. The lowest BCUT2D eigenvalue weighted by molar-refractivity contribution is -0.116. The van der Waals surface area contributed by atoms with Gasteiger partial charge in [0.15, 0.2) is 0 Å². The highest BCUT2D eigenvalue weighted by molar-refractivity contribution is 5.96. The van der Waals surface area contributed by atoms with E-state index in [1.807, 2.05) is 32.0 Å². The van der Waals surface area contributed by atoms with E-state index in [1.54, 1.807) is 18.5 Å². The third-order valence-electron chi connectivity index (χ3n) is 6.69. The van der Waals surface area contributed by atoms with Crippen LogP contribution in [0.5, 0.6) is 0 Å². The number of carbonyl (C=O) groups excluding carboxylic acids is 1. The van der Waals surface area contributed by atoms with Crippen molar-refractivity contribution < 1.29 is 4.79 Å². The number of hydrogen-bond acceptors (Lipinski definition) is 4. The Bertz CT molecular complexity index is 1480. The van der Waals surface area contributed by atoms with Crippen LogP contribution in [0.2, 0.25) is 0 Å². The second-order valence-corrected chi connectivity index (χ2v) is 9.03. The summed E-state index contributed by atoms with van der Waals surface area (Å²) in [5, 5.41) is 14.0. The Hall–Kier alpha value is -4.24. The number of fused-ring (bicyclic) bond motifs is 2. The van der Waals surface area contributed by atoms with Crippen LogP contribution < -0.4 is 5.32 Å². The van der Waals surface area contributed by atoms with E-state index in [2.05, 4.69) is 45.2 Å². The molecule has 1 aliphatic carbocycles. The molecular weight excluding hydrogens is 434 g/mol. The van der Waals surface area contributed by atoms with Gasteiger partial charge in [0.25, 0.3) is 0 Å². The van der Waals surface area contributed by atoms with Crippen molar-refractivity contribution in [1.82, 2.24) is 19.9 Å². The second-order valence-electron chi connectivity index (χ2n) is 9.03. The Labute approximate surface area is 205 Å². The maximum absolute atomic E-state index is 12.7. The normalized spacial score (nSPS) is 15.2. The Morgan fingerprint density at radius 2 is 2.03 bits per heavy atom. The summed E-state index contributed by atoms with van der Waals surface area (Å²) >= 11 is 0. The third-order valence-corrected chi connectivity index (χ3v) is 6.69. The first-order valence-electron chi connectivity index (χ1n) is 11.9. The van der Waals surface area contributed by atoms with Gasteiger partial charge in [-0.25, -0.2) is 4.98 Å². The molecule has 0 radical (unpaired) electrons. The van der Waals surface area contributed by atoms with Gasteiger partial charge < -0.3 is 9.88 Å². The number of amides is 1. The van der Waals surface area contributed by atoms with E-state index in [-0.39, 0.29) is 11.9 Å². The summed E-state index contributed by atoms with van der Waals surface area (Å²) in [6.07, 6.45) is 9.75. The van der Waals surface area contributed by atoms with Gasteiger partial charge >= 0.3 is 0 Å². The minimum Gasteiger partial charge on any atom is -0.348 e. The van der Waals surface area contributed by atoms with E-state index in [1.165, 1.54) is 17.2 Å². The number of pyridine rings is 2. The topological polar surface area (TPSA) is 83.6 Å². The van der Waals surface area contributed by atoms with Crippen LogP contribution in [-0.4, -0.2) is 20.4 Å². The van der Waals surface area contributed by atoms with Crippen molar-refractivity contribution in [2.24, 2.45) is 0 Å². The Morgan fingerprint density at radius 3 is 2.83 bits per heavy atom. The molecule has 0 saturated heterocycles. The van der Waals surface area contributed by atoms with Crippen LogP contribution in [-0.2, 0) is 17.8 Å². The van der Waals surface area contributed by atoms with E-state index in [0.717, 1.165) is 52.8 Å². The summed E-state index contributed by atoms with van der Waals surface area (Å²) in [6, 6.07) is 16.7. The summed E-state index contributed by atoms with van der Waals surface area (Å²) in [4.78, 5) is 21.6. The largest absolute Gasteiger partial charge is 0.348 e. The van der Waals surface area contributed by atoms with Gasteiger partial charge in [0.1, 0.15) is 11.7 Å². The van der Waals surface area contributed by atoms with Gasteiger partial charge in [-0.05, 0) is 79.6 Å². The van der Waals surface area contributed by atoms with Gasteiger partial charge in [0, 0.05) is 36.1 Å². The maximum atomic E-state index is 12.7. The number of nitrogens with one attached hydrogen (secondary N) is 1. The zero-order valence-electron chi connectivity index (χ0n) is 20.0. The van der Waals surface area contributed by atoms with Crippen molar-refractivity contribution in [2.75, 3.05) is 0 Å². The first-order chi connectivity index (χ1) is 17.1. The van der Waals surface area contributed by atoms with Crippen molar-refractivity contribution in [1.29, 1.82) is 5.26 Å². The van der Waals surface area contributed by atoms with Crippen LogP contribution in [0, 0.1) is 25.2 Å². The van der Waals surface area contributed by atoms with E-state index in [9.17, 15) is 10.1 Å². The highest BCUT2D eigenvalue weighted by Crippen LogP contribution is 2.39. The molecule has 0 aliphatic heterocycles. The van der Waals surface area contributed by atoms with Crippen LogP contribution in [0.1, 0.15) is 58.1 Å². The zero-order chi connectivity index (χ0) is 24.4. The molecule has 1 aromatic carbocycles. The standard InChI is InChI=1S/C29H27N5O/c1-19-16-20(2)33-29-28(19)24(17-30)26(10-11-27(35)32-18-21-12-14-31-15-13-21)34(29)25-9-5-7-22-6-3-4-8-23(22)25/h3-4,6,8,10-16,25H,5,7,9,18H2,1-2H3,(H,32,35)/t25-/m0/s1. The number of carbonyl (C=O) groups is 1. The molecule has 35 heavy (non-hydrogen) atoms. The summed E-state index contributed by atoms with van der Waals surface area (Å²) in [7, 11) is 0. The van der Waals surface area contributed by atoms with Crippen LogP contribution in [0.15, 0.2) is 60.9 Å². The fraction of sp³-hybridized carbons (Fsp3) is 0.241. The lowest BCUT2D eigenvalue weighted by Gasteiger charge is -2.28. The first kappa shape index (κ1) is 22.5. The molecule has 0 unspecified atom stereocenters. The molecule has 3 aromatic heterocycles. The molecule has 1 atom stereocenters. The summed E-state index contributed by atoms with van der Waals surface area (Å²) in [6.45, 7) is 4.41. The summed E-state index contributed by atoms with van der Waals surface area (Å²) in [5.74, 6) is -0.215. The molecule has 0 fully saturated rings. The third kappa shape index (κ3) is 4.33. The van der Waals surface area contributed by atoms with Crippen molar-refractivity contribution >= 4 is 23.0 Å². The van der Waals surface area contributed by atoms with Crippen molar-refractivity contribution in [3.8, 4) is 6.07 Å². The van der Waals surface area contributed by atoms with E-state index in [0.29, 0.717) is 12.1 Å². The number of nitriles is 1. The molecule has 0 saturated carbocycles. The van der Waals surface area contributed by atoms with Gasteiger partial charge in [-0.3, -0.25) is 9.78 Å². The van der Waals surface area contributed by atoms with Crippen LogP contribution >= 0.6 is 0 Å². The highest BCUT2D eigenvalue weighted by Gasteiger charge is 2.28. The van der Waals surface area contributed by atoms with Gasteiger partial charge in [-0.1, -0.05) is 24.3 Å². The average molecular weight is 462 g/mol. The number of benzene rings is 1. The van der Waals surface area contributed by atoms with Crippen LogP contribution in [0.4, 0.5) is 0 Å². The molecule has 4 aromatic rings. The minimum atomic E-state index is -0.215. The molecule has 0 spiro atoms. The van der Waals surface area contributed by atoms with Crippen molar-refractivity contribution in [3.05, 3.63) is 100 Å². The Kier molecular flexibility index (Phi) is 6.15. The van der Waals surface area contributed by atoms with Crippen molar-refractivity contribution in [2.45, 2.75) is 45.7 Å². The van der Waals surface area contributed by atoms with Crippen LogP contribution in [0.25, 0.3) is 17.1 Å². The number of nitrogens with zero attached hydrogens (tertiary/aromatic N) is 4. The molecule has 3 heterocycles. The van der Waals surface area contributed by atoms with Gasteiger partial charge in [-0.2, -0.15) is 5.26 Å². The van der Waals surface area contributed by atoms with Gasteiger partial charge in [-0.15, -0.1) is 0 Å². The Morgan fingerprint density at radius 1 is 1.23 bits per heavy atom. The molecule has 6 nitrogen and oxygen atoms in total. The molecular formula is C29H27N5O. The SMILES string of the molecule is Cc1cc(C)c2c(C#N)c(C=CC(=O)NCc3ccncc3)n([C@H]3CCCc4ccccc43)c2n1. The predicted molar refractivity (Wildman–Crippen MR) is 137 cm³/mol. The zero-order valence-corrected chi connectivity index (χ0v) is 20.0. The molecule has 1 N–H and O–H groups in total. The van der Waals surface area contributed by atoms with Gasteiger partial charge in [0.2, 0.25) is 5.91 Å². The summed E-state index contributed by atoms with van der Waals surface area (Å²) in [5.41, 5.74) is 7.59. The summed E-state index contributed by atoms with van der Waals surface area (Å²) < 4.78 is 2.18. The van der Waals surface area contributed by atoms with Crippen molar-refractivity contribution in [3.63, 3.8) is 0 Å². The minimum absolute atomic E-state index is 0.0535. The lowest BCUT2D eigenvalue weighted by atomic mass is 9.87. The number of hydrogen-bond donors (Lipinski definition) is 1. The average Bonchev–Trinajstić information content (AvgIpc) is 3.19. The van der Waals surface area contributed by atoms with Gasteiger partial charge in [0.05, 0.1) is 17.3 Å². The molecule has 5 rings (SSSR count). The smallest absolute Gasteiger partial charge is 0.244 e. The van der Waals surface area contributed by atoms with E-state index in [4.69, 9.17) is 4.98 Å². The first-order valence-corrected chi connectivity index (χ1v) is 11.9. The number of aromatic nitrogens is 3. The molecule has 1 aliphatic rings.